The Balaban J connectivity index is 2.37. The van der Waals surface area contributed by atoms with Crippen LogP contribution in [0.2, 0.25) is 0 Å². The van der Waals surface area contributed by atoms with Gasteiger partial charge >= 0.3 is 6.09 Å². The highest BCUT2D eigenvalue weighted by Crippen LogP contribution is 2.09. The molecule has 0 bridgehead atoms. The van der Waals surface area contributed by atoms with E-state index in [0.29, 0.717) is 0 Å². The summed E-state index contributed by atoms with van der Waals surface area (Å²) < 4.78 is 4.37. The van der Waals surface area contributed by atoms with E-state index in [1.165, 1.54) is 7.11 Å². The zero-order valence-corrected chi connectivity index (χ0v) is 7.43. The number of nitrogens with one attached hydrogen (secondary N) is 1. The van der Waals surface area contributed by atoms with Crippen LogP contribution in [0.15, 0.2) is 23.7 Å². The Labute approximate surface area is 74.7 Å². The van der Waals surface area contributed by atoms with Gasteiger partial charge in [-0.05, 0) is 17.5 Å². The monoisotopic (exact) mass is 183 g/mol. The summed E-state index contributed by atoms with van der Waals surface area (Å²) in [6, 6.07) is 3.91. The summed E-state index contributed by atoms with van der Waals surface area (Å²) in [5.74, 6) is 0. The predicted octanol–water partition coefficient (Wildman–Crippen LogP) is 2.07. The van der Waals surface area contributed by atoms with Gasteiger partial charge in [-0.15, -0.1) is 11.3 Å². The van der Waals surface area contributed by atoms with Gasteiger partial charge in [-0.25, -0.2) is 4.79 Å². The molecule has 0 aromatic carbocycles. The topological polar surface area (TPSA) is 38.3 Å². The highest BCUT2D eigenvalue weighted by Gasteiger charge is 1.91. The van der Waals surface area contributed by atoms with Crippen molar-refractivity contribution in [3.05, 3.63) is 28.6 Å². The van der Waals surface area contributed by atoms with Crippen molar-refractivity contribution in [1.82, 2.24) is 5.32 Å². The van der Waals surface area contributed by atoms with Crippen molar-refractivity contribution in [3.8, 4) is 0 Å². The molecule has 1 heterocycles. The lowest BCUT2D eigenvalue weighted by Gasteiger charge is -1.94. The highest BCUT2D eigenvalue weighted by molar-refractivity contribution is 7.10. The molecule has 1 N–H and O–H groups in total. The lowest BCUT2D eigenvalue weighted by atomic mass is 10.4. The summed E-state index contributed by atoms with van der Waals surface area (Å²) in [6.07, 6.45) is 2.90. The van der Waals surface area contributed by atoms with Crippen LogP contribution in [0, 0.1) is 0 Å². The molecule has 0 unspecified atom stereocenters. The summed E-state index contributed by atoms with van der Waals surface area (Å²) in [5.41, 5.74) is 0. The second kappa shape index (κ2) is 4.56. The third-order valence-electron chi connectivity index (χ3n) is 1.18. The molecule has 0 aliphatic carbocycles. The van der Waals surface area contributed by atoms with Crippen molar-refractivity contribution in [2.75, 3.05) is 7.11 Å². The van der Waals surface area contributed by atoms with Gasteiger partial charge in [0.2, 0.25) is 0 Å². The Kier molecular flexibility index (Phi) is 3.35. The van der Waals surface area contributed by atoms with E-state index in [1.807, 2.05) is 23.6 Å². The fourth-order valence-electron chi connectivity index (χ4n) is 0.637. The van der Waals surface area contributed by atoms with Crippen LogP contribution < -0.4 is 5.32 Å². The fourth-order valence-corrected chi connectivity index (χ4v) is 1.25. The number of amides is 1. The number of alkyl carbamates (subject to hydrolysis) is 1. The van der Waals surface area contributed by atoms with E-state index in [9.17, 15) is 4.79 Å². The average Bonchev–Trinajstić information content (AvgIpc) is 2.57. The lowest BCUT2D eigenvalue weighted by molar-refractivity contribution is 0.175. The van der Waals surface area contributed by atoms with Gasteiger partial charge in [-0.2, -0.15) is 0 Å². The fraction of sp³-hybridized carbons (Fsp3) is 0.125. The molecule has 0 saturated carbocycles. The van der Waals surface area contributed by atoms with Crippen LogP contribution >= 0.6 is 11.3 Å². The maximum atomic E-state index is 10.6. The zero-order valence-electron chi connectivity index (χ0n) is 6.61. The number of hydrogen-bond donors (Lipinski definition) is 1. The van der Waals surface area contributed by atoms with E-state index in [1.54, 1.807) is 17.5 Å². The molecule has 3 nitrogen and oxygen atoms in total. The van der Waals surface area contributed by atoms with Gasteiger partial charge in [-0.1, -0.05) is 6.07 Å². The Hall–Kier alpha value is -1.29. The Morgan fingerprint density at radius 2 is 2.58 bits per heavy atom. The molecule has 4 heteroatoms. The predicted molar refractivity (Wildman–Crippen MR) is 48.9 cm³/mol. The average molecular weight is 183 g/mol. The summed E-state index contributed by atoms with van der Waals surface area (Å²) >= 11 is 1.60. The van der Waals surface area contributed by atoms with E-state index >= 15 is 0 Å². The number of thiophene rings is 1. The molecular weight excluding hydrogens is 174 g/mol. The molecule has 1 rings (SSSR count). The summed E-state index contributed by atoms with van der Waals surface area (Å²) in [5, 5.41) is 4.41. The van der Waals surface area contributed by atoms with Crippen LogP contribution in [-0.2, 0) is 4.74 Å². The van der Waals surface area contributed by atoms with Crippen LogP contribution in [0.5, 0.6) is 0 Å². The first-order valence-corrected chi connectivity index (χ1v) is 4.25. The number of carbonyl (C=O) groups is 1. The molecule has 1 aromatic rings. The van der Waals surface area contributed by atoms with Crippen molar-refractivity contribution < 1.29 is 9.53 Å². The van der Waals surface area contributed by atoms with Crippen molar-refractivity contribution in [2.45, 2.75) is 0 Å². The maximum absolute atomic E-state index is 10.6. The van der Waals surface area contributed by atoms with Crippen LogP contribution in [0.1, 0.15) is 4.88 Å². The Bertz CT molecular complexity index is 267. The molecule has 1 amide bonds. The minimum Gasteiger partial charge on any atom is -0.453 e. The number of carbonyl (C=O) groups excluding carboxylic acids is 1. The standard InChI is InChI=1S/C8H9NO2S/c1-11-8(10)9-5-4-7-3-2-6-12-7/h2-6H,1H3,(H,9,10). The van der Waals surface area contributed by atoms with E-state index in [4.69, 9.17) is 0 Å². The van der Waals surface area contributed by atoms with Crippen molar-refractivity contribution in [1.29, 1.82) is 0 Å². The van der Waals surface area contributed by atoms with E-state index in [0.717, 1.165) is 4.88 Å². The van der Waals surface area contributed by atoms with E-state index in [-0.39, 0.29) is 0 Å². The summed E-state index contributed by atoms with van der Waals surface area (Å²) in [4.78, 5) is 11.6. The smallest absolute Gasteiger partial charge is 0.410 e. The van der Waals surface area contributed by atoms with Crippen molar-refractivity contribution in [2.24, 2.45) is 0 Å². The lowest BCUT2D eigenvalue weighted by Crippen LogP contribution is -2.15. The van der Waals surface area contributed by atoms with Crippen LogP contribution in [0.25, 0.3) is 6.08 Å². The van der Waals surface area contributed by atoms with E-state index < -0.39 is 6.09 Å². The molecule has 0 aliphatic heterocycles. The first kappa shape index (κ1) is 8.80. The highest BCUT2D eigenvalue weighted by atomic mass is 32.1. The quantitative estimate of drug-likeness (QED) is 0.762. The maximum Gasteiger partial charge on any atom is 0.410 e. The molecular formula is C8H9NO2S. The molecule has 0 radical (unpaired) electrons. The van der Waals surface area contributed by atoms with Crippen LogP contribution in [-0.4, -0.2) is 13.2 Å². The first-order chi connectivity index (χ1) is 5.83. The number of hydrogen-bond acceptors (Lipinski definition) is 3. The van der Waals surface area contributed by atoms with Crippen LogP contribution in [0.3, 0.4) is 0 Å². The second-order valence-electron chi connectivity index (χ2n) is 1.98. The van der Waals surface area contributed by atoms with E-state index in [2.05, 4.69) is 10.1 Å². The molecule has 64 valence electrons. The van der Waals surface area contributed by atoms with Crippen molar-refractivity contribution in [3.63, 3.8) is 0 Å². The molecule has 12 heavy (non-hydrogen) atoms. The van der Waals surface area contributed by atoms with Crippen molar-refractivity contribution >= 4 is 23.5 Å². The van der Waals surface area contributed by atoms with Gasteiger partial charge < -0.3 is 4.74 Å². The third-order valence-corrected chi connectivity index (χ3v) is 2.01. The number of ether oxygens (including phenoxy) is 1. The SMILES string of the molecule is COC(=O)NC=Cc1cccs1. The van der Waals surface area contributed by atoms with Gasteiger partial charge in [0.05, 0.1) is 7.11 Å². The molecule has 0 saturated heterocycles. The van der Waals surface area contributed by atoms with Gasteiger partial charge in [0.25, 0.3) is 0 Å². The minimum atomic E-state index is -0.456. The largest absolute Gasteiger partial charge is 0.453 e. The minimum absolute atomic E-state index is 0.456. The summed E-state index contributed by atoms with van der Waals surface area (Å²) in [7, 11) is 1.33. The first-order valence-electron chi connectivity index (χ1n) is 3.37. The molecule has 0 spiro atoms. The number of rotatable bonds is 2. The van der Waals surface area contributed by atoms with Crippen LogP contribution in [0.4, 0.5) is 4.79 Å². The van der Waals surface area contributed by atoms with Gasteiger partial charge in [0, 0.05) is 11.1 Å². The summed E-state index contributed by atoms with van der Waals surface area (Å²) in [6.45, 7) is 0. The molecule has 1 aromatic heterocycles. The molecule has 0 aliphatic rings. The van der Waals surface area contributed by atoms with Gasteiger partial charge in [0.1, 0.15) is 0 Å². The second-order valence-corrected chi connectivity index (χ2v) is 2.96. The van der Waals surface area contributed by atoms with Gasteiger partial charge in [-0.3, -0.25) is 5.32 Å². The Morgan fingerprint density at radius 3 is 3.17 bits per heavy atom. The normalized spacial score (nSPS) is 10.1. The third kappa shape index (κ3) is 2.75. The molecule has 0 atom stereocenters. The zero-order chi connectivity index (χ0) is 8.81. The molecule has 0 fully saturated rings. The van der Waals surface area contributed by atoms with Gasteiger partial charge in [0.15, 0.2) is 0 Å². The number of methoxy groups -OCH3 is 1. The Morgan fingerprint density at radius 1 is 1.75 bits per heavy atom.